The molecule has 0 radical (unpaired) electrons. The quantitative estimate of drug-likeness (QED) is 0.355. The molecule has 5 aromatic rings. The molecule has 0 unspecified atom stereocenters. The first-order valence-corrected chi connectivity index (χ1v) is 9.01. The van der Waals surface area contributed by atoms with Crippen LogP contribution in [-0.4, -0.2) is 9.97 Å². The molecule has 3 aromatic heterocycles. The largest absolute Gasteiger partial charge is 0.437 e. The third-order valence-electron chi connectivity index (χ3n) is 4.64. The summed E-state index contributed by atoms with van der Waals surface area (Å²) >= 11 is 0. The second-order valence-electron chi connectivity index (χ2n) is 6.59. The highest BCUT2D eigenvalue weighted by atomic mass is 16.3. The van der Waals surface area contributed by atoms with Crippen molar-refractivity contribution >= 4 is 22.1 Å². The van der Waals surface area contributed by atoms with Crippen LogP contribution in [0, 0.1) is 13.7 Å². The molecule has 0 saturated carbocycles. The van der Waals surface area contributed by atoms with Crippen LogP contribution >= 0.6 is 0 Å². The summed E-state index contributed by atoms with van der Waals surface area (Å²) in [6.07, 6.45) is -3.66. The van der Waals surface area contributed by atoms with E-state index < -0.39 is 26.4 Å². The van der Waals surface area contributed by atoms with Gasteiger partial charge in [-0.2, -0.15) is 0 Å². The lowest BCUT2D eigenvalue weighted by atomic mass is 10.0. The van der Waals surface area contributed by atoms with Gasteiger partial charge in [-0.15, -0.1) is 0 Å². The van der Waals surface area contributed by atoms with E-state index in [-0.39, 0.29) is 28.1 Å². The van der Waals surface area contributed by atoms with E-state index in [0.29, 0.717) is 27.6 Å². The molecule has 0 aliphatic carbocycles. The molecule has 29 heavy (non-hydrogen) atoms. The first kappa shape index (κ1) is 9.84. The molecule has 0 atom stereocenters. The van der Waals surface area contributed by atoms with Crippen LogP contribution in [0.15, 0.2) is 77.3 Å². The minimum absolute atomic E-state index is 0.00520. The molecule has 0 bridgehead atoms. The van der Waals surface area contributed by atoms with E-state index in [1.807, 2.05) is 0 Å². The van der Waals surface area contributed by atoms with Gasteiger partial charge in [0.15, 0.2) is 0 Å². The van der Waals surface area contributed by atoms with Crippen LogP contribution in [0.1, 0.15) is 36.1 Å². The van der Waals surface area contributed by atoms with Crippen LogP contribution < -0.4 is 0 Å². The van der Waals surface area contributed by atoms with Crippen molar-refractivity contribution in [3.63, 3.8) is 0 Å². The highest BCUT2D eigenvalue weighted by Crippen LogP contribution is 2.34. The van der Waals surface area contributed by atoms with Gasteiger partial charge in [0.1, 0.15) is 5.58 Å². The van der Waals surface area contributed by atoms with Crippen molar-refractivity contribution in [1.29, 1.82) is 0 Å². The number of benzene rings is 2. The second kappa shape index (κ2) is 7.17. The summed E-state index contributed by atoms with van der Waals surface area (Å²) < 4.78 is 86.1. The number of para-hydroxylation sites is 1. The average Bonchev–Trinajstić information content (AvgIpc) is 3.26. The van der Waals surface area contributed by atoms with Gasteiger partial charge in [0.2, 0.25) is 5.71 Å². The maximum atomic E-state index is 8.74. The van der Waals surface area contributed by atoms with Gasteiger partial charge in [0.25, 0.3) is 0 Å². The SMILES string of the molecule is [2H]C([2H])([2H])c1ccc(C([2H])([2H])C([2H])([2H])c2ccnc(-c3cccc4c3oc3nc(C([2H])([2H])[2H])ccc34)c2)cc1. The molecule has 142 valence electrons. The molecular weight excluding hydrogens is 356 g/mol. The average molecular weight is 389 g/mol. The topological polar surface area (TPSA) is 38.9 Å². The maximum Gasteiger partial charge on any atom is 0.227 e. The van der Waals surface area contributed by atoms with Gasteiger partial charge in [-0.05, 0) is 67.9 Å². The summed E-state index contributed by atoms with van der Waals surface area (Å²) in [5.74, 6) is 0. The zero-order valence-electron chi connectivity index (χ0n) is 25.2. The molecular formula is C26H22N2O. The molecule has 2 aromatic carbocycles. The van der Waals surface area contributed by atoms with Gasteiger partial charge < -0.3 is 4.42 Å². The van der Waals surface area contributed by atoms with Gasteiger partial charge >= 0.3 is 0 Å². The van der Waals surface area contributed by atoms with Crippen LogP contribution in [0.5, 0.6) is 0 Å². The highest BCUT2D eigenvalue weighted by molar-refractivity contribution is 6.08. The van der Waals surface area contributed by atoms with Crippen LogP contribution in [0.25, 0.3) is 33.3 Å². The Bertz CT molecular complexity index is 1690. The second-order valence-corrected chi connectivity index (χ2v) is 6.59. The van der Waals surface area contributed by atoms with Crippen LogP contribution in [0.2, 0.25) is 0 Å². The van der Waals surface area contributed by atoms with Crippen LogP contribution in [0.3, 0.4) is 0 Å². The van der Waals surface area contributed by atoms with Gasteiger partial charge in [0.05, 0.1) is 5.69 Å². The molecule has 5 rings (SSSR count). The summed E-state index contributed by atoms with van der Waals surface area (Å²) in [6.45, 7) is -4.75. The molecule has 0 N–H and O–H groups in total. The van der Waals surface area contributed by atoms with Crippen molar-refractivity contribution in [2.24, 2.45) is 0 Å². The maximum absolute atomic E-state index is 8.74. The van der Waals surface area contributed by atoms with E-state index in [4.69, 9.17) is 18.1 Å². The fraction of sp³-hybridized carbons (Fsp3) is 0.154. The summed E-state index contributed by atoms with van der Waals surface area (Å²) in [5, 5.41) is 1.29. The van der Waals surface area contributed by atoms with Crippen molar-refractivity contribution in [2.75, 3.05) is 0 Å². The van der Waals surface area contributed by atoms with Crippen molar-refractivity contribution < 1.29 is 18.1 Å². The van der Waals surface area contributed by atoms with E-state index in [1.165, 1.54) is 48.7 Å². The van der Waals surface area contributed by atoms with E-state index in [2.05, 4.69) is 9.97 Å². The van der Waals surface area contributed by atoms with E-state index in [9.17, 15) is 0 Å². The third-order valence-corrected chi connectivity index (χ3v) is 4.64. The minimum Gasteiger partial charge on any atom is -0.437 e. The molecule has 0 amide bonds. The molecule has 0 aliphatic rings. The lowest BCUT2D eigenvalue weighted by Gasteiger charge is -2.06. The summed E-state index contributed by atoms with van der Waals surface area (Å²) in [4.78, 5) is 8.54. The first-order chi connectivity index (χ1) is 18.1. The number of aryl methyl sites for hydroxylation is 4. The molecule has 3 heterocycles. The smallest absolute Gasteiger partial charge is 0.227 e. The Morgan fingerprint density at radius 1 is 0.897 bits per heavy atom. The molecule has 0 spiro atoms. The molecule has 0 aliphatic heterocycles. The number of nitrogens with zero attached hydrogens (tertiary/aromatic N) is 2. The molecule has 3 nitrogen and oxygen atoms in total. The van der Waals surface area contributed by atoms with Crippen molar-refractivity contribution in [2.45, 2.75) is 26.4 Å². The van der Waals surface area contributed by atoms with Crippen LogP contribution in [0.4, 0.5) is 0 Å². The number of aromatic nitrogens is 2. The number of fused-ring (bicyclic) bond motifs is 3. The van der Waals surface area contributed by atoms with Gasteiger partial charge in [-0.1, -0.05) is 42.0 Å². The highest BCUT2D eigenvalue weighted by Gasteiger charge is 2.14. The zero-order chi connectivity index (χ0) is 28.4. The van der Waals surface area contributed by atoms with Crippen molar-refractivity contribution in [1.82, 2.24) is 9.97 Å². The van der Waals surface area contributed by atoms with Gasteiger partial charge in [-0.25, -0.2) is 4.98 Å². The fourth-order valence-electron chi connectivity index (χ4n) is 3.23. The lowest BCUT2D eigenvalue weighted by Crippen LogP contribution is -1.93. The van der Waals surface area contributed by atoms with Crippen LogP contribution in [-0.2, 0) is 12.7 Å². The zero-order valence-corrected chi connectivity index (χ0v) is 15.2. The Morgan fingerprint density at radius 3 is 2.66 bits per heavy atom. The Labute approximate surface area is 184 Å². The monoisotopic (exact) mass is 388 g/mol. The normalized spacial score (nSPS) is 18.3. The number of hydrogen-bond acceptors (Lipinski definition) is 3. The number of hydrogen-bond donors (Lipinski definition) is 0. The molecule has 0 fully saturated rings. The summed E-state index contributed by atoms with van der Waals surface area (Å²) in [5.41, 5.74) is 1.31. The van der Waals surface area contributed by atoms with Gasteiger partial charge in [0, 0.05) is 41.9 Å². The Balaban J connectivity index is 1.58. The predicted octanol–water partition coefficient (Wildman–Crippen LogP) is 6.45. The first-order valence-electron chi connectivity index (χ1n) is 14.0. The standard InChI is InChI=1S/C26H22N2O/c1-17-6-9-19(10-7-17)11-12-20-14-15-27-24(16-20)23-5-3-4-21-22-13-8-18(2)28-26(22)29-25(21)23/h3-10,13-16H,11-12H2,1-2H3/i1D3,2D3,11D2,12D2. The third kappa shape index (κ3) is 3.40. The van der Waals surface area contributed by atoms with E-state index in [0.717, 1.165) is 0 Å². The fourth-order valence-corrected chi connectivity index (χ4v) is 3.23. The van der Waals surface area contributed by atoms with Gasteiger partial charge in [-0.3, -0.25) is 4.98 Å². The summed E-state index contributed by atoms with van der Waals surface area (Å²) in [7, 11) is 0. The lowest BCUT2D eigenvalue weighted by molar-refractivity contribution is 0.653. The minimum atomic E-state index is -2.52. The van der Waals surface area contributed by atoms with Crippen molar-refractivity contribution in [3.8, 4) is 11.3 Å². The van der Waals surface area contributed by atoms with E-state index in [1.54, 1.807) is 24.3 Å². The van der Waals surface area contributed by atoms with E-state index >= 15 is 0 Å². The molecule has 0 saturated heterocycles. The Kier molecular flexibility index (Phi) is 2.43. The number of rotatable bonds is 4. The number of furan rings is 1. The Morgan fingerprint density at radius 2 is 1.79 bits per heavy atom. The molecule has 3 heteroatoms. The number of pyridine rings is 2. The Hall–Kier alpha value is -3.46. The summed E-state index contributed by atoms with van der Waals surface area (Å²) in [6, 6.07) is 16.3. The van der Waals surface area contributed by atoms with Crippen molar-refractivity contribution in [3.05, 3.63) is 95.3 Å². The predicted molar refractivity (Wildman–Crippen MR) is 118 cm³/mol.